The van der Waals surface area contributed by atoms with E-state index in [1.54, 1.807) is 18.5 Å². The number of unbranched alkanes of at least 4 members (excludes halogenated alkanes) is 1. The van der Waals surface area contributed by atoms with Gasteiger partial charge in [0.25, 0.3) is 0 Å². The number of rotatable bonds is 6. The molecule has 3 N–H and O–H groups in total. The van der Waals surface area contributed by atoms with Crippen molar-refractivity contribution >= 4 is 11.5 Å². The number of anilines is 2. The molecule has 2 heterocycles. The Kier molecular flexibility index (Phi) is 3.96. The van der Waals surface area contributed by atoms with Gasteiger partial charge in [0.05, 0.1) is 18.2 Å². The molecule has 0 aliphatic carbocycles. The van der Waals surface area contributed by atoms with Crippen molar-refractivity contribution in [2.75, 3.05) is 17.6 Å². The monoisotopic (exact) mass is 231 g/mol. The third kappa shape index (κ3) is 3.79. The van der Waals surface area contributed by atoms with Gasteiger partial charge in [-0.25, -0.2) is 9.97 Å². The molecule has 0 aliphatic rings. The lowest BCUT2D eigenvalue weighted by Crippen LogP contribution is -2.04. The molecule has 90 valence electrons. The number of pyridine rings is 1. The zero-order valence-electron chi connectivity index (χ0n) is 9.71. The van der Waals surface area contributed by atoms with Crippen LogP contribution in [0.4, 0.5) is 11.5 Å². The molecule has 0 bridgehead atoms. The smallest absolute Gasteiger partial charge is 0.123 e. The lowest BCUT2D eigenvalue weighted by Gasteiger charge is -2.06. The summed E-state index contributed by atoms with van der Waals surface area (Å²) >= 11 is 0. The van der Waals surface area contributed by atoms with Crippen LogP contribution in [0.1, 0.15) is 12.8 Å². The van der Waals surface area contributed by atoms with Crippen LogP contribution in [0.5, 0.6) is 0 Å². The van der Waals surface area contributed by atoms with Crippen molar-refractivity contribution in [2.24, 2.45) is 0 Å². The summed E-state index contributed by atoms with van der Waals surface area (Å²) in [6.07, 6.45) is 9.63. The summed E-state index contributed by atoms with van der Waals surface area (Å²) in [7, 11) is 0. The fourth-order valence-electron chi connectivity index (χ4n) is 1.58. The number of aryl methyl sites for hydroxylation is 1. The Morgan fingerprint density at radius 3 is 2.94 bits per heavy atom. The van der Waals surface area contributed by atoms with Crippen molar-refractivity contribution in [3.63, 3.8) is 0 Å². The van der Waals surface area contributed by atoms with Gasteiger partial charge in [0.15, 0.2) is 0 Å². The lowest BCUT2D eigenvalue weighted by atomic mass is 10.3. The van der Waals surface area contributed by atoms with Gasteiger partial charge >= 0.3 is 0 Å². The number of nitrogens with one attached hydrogen (secondary N) is 1. The number of nitrogens with two attached hydrogens (primary N) is 1. The van der Waals surface area contributed by atoms with Crippen LogP contribution in [0.2, 0.25) is 0 Å². The summed E-state index contributed by atoms with van der Waals surface area (Å²) in [5.41, 5.74) is 6.53. The third-order valence-electron chi connectivity index (χ3n) is 2.52. The number of imidazole rings is 1. The van der Waals surface area contributed by atoms with Gasteiger partial charge in [0.2, 0.25) is 0 Å². The molecule has 5 nitrogen and oxygen atoms in total. The highest BCUT2D eigenvalue weighted by atomic mass is 15.0. The second kappa shape index (κ2) is 5.89. The molecule has 0 aliphatic heterocycles. The second-order valence-corrected chi connectivity index (χ2v) is 3.91. The quantitative estimate of drug-likeness (QED) is 0.743. The van der Waals surface area contributed by atoms with Gasteiger partial charge in [-0.3, -0.25) is 0 Å². The summed E-state index contributed by atoms with van der Waals surface area (Å²) in [5, 5.41) is 3.31. The standard InChI is InChI=1S/C12H17N5/c13-12-4-3-11(9-16-12)15-5-1-2-7-17-8-6-14-10-17/h3-4,6,8-10,15H,1-2,5,7H2,(H2,13,16). The number of hydrogen-bond donors (Lipinski definition) is 2. The highest BCUT2D eigenvalue weighted by Gasteiger charge is 1.93. The van der Waals surface area contributed by atoms with Crippen LogP contribution in [0, 0.1) is 0 Å². The number of nitrogens with zero attached hydrogens (tertiary/aromatic N) is 3. The van der Waals surface area contributed by atoms with Crippen LogP contribution in [-0.2, 0) is 6.54 Å². The maximum absolute atomic E-state index is 5.51. The summed E-state index contributed by atoms with van der Waals surface area (Å²) < 4.78 is 2.09. The fourth-order valence-corrected chi connectivity index (χ4v) is 1.58. The maximum Gasteiger partial charge on any atom is 0.123 e. The molecule has 0 amide bonds. The Morgan fingerprint density at radius 2 is 2.24 bits per heavy atom. The molecule has 0 fully saturated rings. The van der Waals surface area contributed by atoms with Gasteiger partial charge in [-0.05, 0) is 25.0 Å². The molecule has 0 unspecified atom stereocenters. The topological polar surface area (TPSA) is 68.8 Å². The zero-order valence-corrected chi connectivity index (χ0v) is 9.71. The van der Waals surface area contributed by atoms with Crippen molar-refractivity contribution < 1.29 is 0 Å². The van der Waals surface area contributed by atoms with Crippen LogP contribution in [0.3, 0.4) is 0 Å². The molecule has 0 saturated carbocycles. The van der Waals surface area contributed by atoms with Crippen molar-refractivity contribution in [3.8, 4) is 0 Å². The number of hydrogen-bond acceptors (Lipinski definition) is 4. The second-order valence-electron chi connectivity index (χ2n) is 3.91. The van der Waals surface area contributed by atoms with E-state index in [0.717, 1.165) is 31.6 Å². The Balaban J connectivity index is 1.61. The van der Waals surface area contributed by atoms with Gasteiger partial charge in [0.1, 0.15) is 5.82 Å². The molecule has 0 radical (unpaired) electrons. The summed E-state index contributed by atoms with van der Waals surface area (Å²) in [5.74, 6) is 0.552. The molecule has 0 saturated heterocycles. The summed E-state index contributed by atoms with van der Waals surface area (Å²) in [6.45, 7) is 1.96. The van der Waals surface area contributed by atoms with E-state index >= 15 is 0 Å². The Morgan fingerprint density at radius 1 is 1.29 bits per heavy atom. The molecular weight excluding hydrogens is 214 g/mol. The molecule has 2 rings (SSSR count). The van der Waals surface area contributed by atoms with Gasteiger partial charge in [0, 0.05) is 25.5 Å². The largest absolute Gasteiger partial charge is 0.384 e. The van der Waals surface area contributed by atoms with E-state index in [2.05, 4.69) is 19.9 Å². The average molecular weight is 231 g/mol. The highest BCUT2D eigenvalue weighted by molar-refractivity contribution is 5.45. The van der Waals surface area contributed by atoms with E-state index in [0.29, 0.717) is 5.82 Å². The van der Waals surface area contributed by atoms with E-state index in [-0.39, 0.29) is 0 Å². The molecule has 17 heavy (non-hydrogen) atoms. The van der Waals surface area contributed by atoms with Crippen molar-refractivity contribution in [3.05, 3.63) is 37.1 Å². The molecule has 5 heteroatoms. The van der Waals surface area contributed by atoms with Gasteiger partial charge in [-0.2, -0.15) is 0 Å². The minimum absolute atomic E-state index is 0.552. The van der Waals surface area contributed by atoms with Crippen LogP contribution in [0.15, 0.2) is 37.1 Å². The molecule has 2 aromatic heterocycles. The Bertz CT molecular complexity index is 421. The highest BCUT2D eigenvalue weighted by Crippen LogP contribution is 2.07. The van der Waals surface area contributed by atoms with E-state index < -0.39 is 0 Å². The fraction of sp³-hybridized carbons (Fsp3) is 0.333. The summed E-state index contributed by atoms with van der Waals surface area (Å²) in [6, 6.07) is 3.74. The molecule has 2 aromatic rings. The van der Waals surface area contributed by atoms with E-state index in [9.17, 15) is 0 Å². The number of nitrogen functional groups attached to an aromatic ring is 1. The lowest BCUT2D eigenvalue weighted by molar-refractivity contribution is 0.621. The van der Waals surface area contributed by atoms with E-state index in [1.165, 1.54) is 0 Å². The Labute approximate surface area is 101 Å². The first-order valence-corrected chi connectivity index (χ1v) is 5.76. The maximum atomic E-state index is 5.51. The molecular formula is C12H17N5. The summed E-state index contributed by atoms with van der Waals surface area (Å²) in [4.78, 5) is 8.03. The van der Waals surface area contributed by atoms with Gasteiger partial charge in [-0.1, -0.05) is 0 Å². The van der Waals surface area contributed by atoms with E-state index in [1.807, 2.05) is 18.6 Å². The predicted octanol–water partition coefficient (Wildman–Crippen LogP) is 1.75. The molecule has 0 atom stereocenters. The van der Waals surface area contributed by atoms with Crippen molar-refractivity contribution in [1.29, 1.82) is 0 Å². The first kappa shape index (κ1) is 11.4. The molecule has 0 spiro atoms. The zero-order chi connectivity index (χ0) is 11.9. The minimum atomic E-state index is 0.552. The van der Waals surface area contributed by atoms with Crippen molar-refractivity contribution in [1.82, 2.24) is 14.5 Å². The van der Waals surface area contributed by atoms with Crippen LogP contribution in [0.25, 0.3) is 0 Å². The van der Waals surface area contributed by atoms with Crippen LogP contribution < -0.4 is 11.1 Å². The van der Waals surface area contributed by atoms with Crippen LogP contribution in [-0.4, -0.2) is 21.1 Å². The van der Waals surface area contributed by atoms with Crippen molar-refractivity contribution in [2.45, 2.75) is 19.4 Å². The first-order valence-electron chi connectivity index (χ1n) is 5.76. The number of aromatic nitrogens is 3. The first-order chi connectivity index (χ1) is 8.34. The average Bonchev–Trinajstić information content (AvgIpc) is 2.84. The predicted molar refractivity (Wildman–Crippen MR) is 68.6 cm³/mol. The Hall–Kier alpha value is -2.04. The third-order valence-corrected chi connectivity index (χ3v) is 2.52. The van der Waals surface area contributed by atoms with Gasteiger partial charge in [-0.15, -0.1) is 0 Å². The normalized spacial score (nSPS) is 10.4. The van der Waals surface area contributed by atoms with Gasteiger partial charge < -0.3 is 15.6 Å². The SMILES string of the molecule is Nc1ccc(NCCCCn2ccnc2)cn1. The minimum Gasteiger partial charge on any atom is -0.384 e. The molecule has 0 aromatic carbocycles. The van der Waals surface area contributed by atoms with Crippen LogP contribution >= 0.6 is 0 Å². The van der Waals surface area contributed by atoms with E-state index in [4.69, 9.17) is 5.73 Å².